The Morgan fingerprint density at radius 1 is 1.20 bits per heavy atom. The topological polar surface area (TPSA) is 90.4 Å². The number of benzene rings is 1. The van der Waals surface area contributed by atoms with Gasteiger partial charge in [-0.15, -0.1) is 0 Å². The maximum Gasteiger partial charge on any atom is 0.210 e. The molecule has 108 valence electrons. The fraction of sp³-hybridized carbons (Fsp3) is 0.462. The van der Waals surface area contributed by atoms with Crippen LogP contribution in [-0.2, 0) is 10.0 Å². The van der Waals surface area contributed by atoms with Gasteiger partial charge in [0.1, 0.15) is 6.07 Å². The average Bonchev–Trinajstić information content (AvgIpc) is 2.45. The normalized spacial score (nSPS) is 16.9. The quantitative estimate of drug-likeness (QED) is 0.842. The third kappa shape index (κ3) is 3.93. The summed E-state index contributed by atoms with van der Waals surface area (Å²) in [6, 6.07) is 9.72. The van der Waals surface area contributed by atoms with Crippen LogP contribution in [0.15, 0.2) is 24.3 Å². The highest BCUT2D eigenvalue weighted by Gasteiger charge is 2.19. The van der Waals surface area contributed by atoms with Crippen molar-refractivity contribution >= 4 is 15.7 Å². The van der Waals surface area contributed by atoms with E-state index in [4.69, 9.17) is 10.4 Å². The monoisotopic (exact) mass is 294 g/mol. The van der Waals surface area contributed by atoms with E-state index in [1.165, 1.54) is 0 Å². The van der Waals surface area contributed by atoms with E-state index in [-0.39, 0.29) is 5.75 Å². The number of hydrogen-bond donors (Lipinski definition) is 1. The second kappa shape index (κ2) is 6.22. The van der Waals surface area contributed by atoms with Gasteiger partial charge in [0.2, 0.25) is 10.0 Å². The summed E-state index contributed by atoms with van der Waals surface area (Å²) in [7, 11) is -3.40. The molecule has 0 aliphatic carbocycles. The minimum atomic E-state index is -3.40. The molecule has 0 atom stereocenters. The lowest BCUT2D eigenvalue weighted by molar-refractivity contribution is 0.272. The number of para-hydroxylation sites is 1. The van der Waals surface area contributed by atoms with Gasteiger partial charge in [0.05, 0.1) is 17.0 Å². The third-order valence-corrected chi connectivity index (χ3v) is 4.18. The lowest BCUT2D eigenvalue weighted by Gasteiger charge is -2.36. The maximum absolute atomic E-state index is 10.9. The zero-order valence-corrected chi connectivity index (χ0v) is 12.0. The first-order chi connectivity index (χ1) is 9.49. The summed E-state index contributed by atoms with van der Waals surface area (Å²) < 4.78 is 21.9. The lowest BCUT2D eigenvalue weighted by Crippen LogP contribution is -2.48. The second-order valence-electron chi connectivity index (χ2n) is 4.82. The van der Waals surface area contributed by atoms with E-state index in [9.17, 15) is 8.42 Å². The van der Waals surface area contributed by atoms with Crippen molar-refractivity contribution in [2.75, 3.05) is 43.4 Å². The van der Waals surface area contributed by atoms with Gasteiger partial charge < -0.3 is 4.90 Å². The highest BCUT2D eigenvalue weighted by Crippen LogP contribution is 2.20. The van der Waals surface area contributed by atoms with E-state index < -0.39 is 10.0 Å². The fourth-order valence-corrected chi connectivity index (χ4v) is 2.83. The largest absolute Gasteiger partial charge is 0.368 e. The molecule has 0 radical (unpaired) electrons. The SMILES string of the molecule is N#Cc1ccccc1N1CCN(CCS(N)(=O)=O)CC1. The van der Waals surface area contributed by atoms with Crippen molar-refractivity contribution < 1.29 is 8.42 Å². The highest BCUT2D eigenvalue weighted by molar-refractivity contribution is 7.89. The molecule has 2 N–H and O–H groups in total. The van der Waals surface area contributed by atoms with Crippen LogP contribution in [-0.4, -0.2) is 51.8 Å². The number of anilines is 1. The molecule has 1 aliphatic heterocycles. The predicted molar refractivity (Wildman–Crippen MR) is 77.8 cm³/mol. The van der Waals surface area contributed by atoms with Crippen LogP contribution in [0.5, 0.6) is 0 Å². The van der Waals surface area contributed by atoms with Gasteiger partial charge in [-0.1, -0.05) is 12.1 Å². The molecule has 1 fully saturated rings. The molecule has 1 aliphatic rings. The van der Waals surface area contributed by atoms with E-state index in [1.807, 2.05) is 24.3 Å². The number of nitrogens with two attached hydrogens (primary N) is 1. The zero-order chi connectivity index (χ0) is 14.6. The molecular formula is C13H18N4O2S. The molecule has 1 saturated heterocycles. The van der Waals surface area contributed by atoms with Gasteiger partial charge in [-0.3, -0.25) is 4.90 Å². The van der Waals surface area contributed by atoms with E-state index in [2.05, 4.69) is 15.9 Å². The highest BCUT2D eigenvalue weighted by atomic mass is 32.2. The van der Waals surface area contributed by atoms with Crippen LogP contribution in [0.2, 0.25) is 0 Å². The van der Waals surface area contributed by atoms with Gasteiger partial charge in [0, 0.05) is 32.7 Å². The van der Waals surface area contributed by atoms with Crippen LogP contribution in [0.4, 0.5) is 5.69 Å². The number of nitrogens with zero attached hydrogens (tertiary/aromatic N) is 3. The summed E-state index contributed by atoms with van der Waals surface area (Å²) in [5.74, 6) is -0.0121. The van der Waals surface area contributed by atoms with Crippen molar-refractivity contribution in [1.29, 1.82) is 5.26 Å². The first-order valence-electron chi connectivity index (χ1n) is 6.46. The molecule has 7 heteroatoms. The van der Waals surface area contributed by atoms with E-state index in [0.29, 0.717) is 12.1 Å². The predicted octanol–water partition coefficient (Wildman–Crippen LogP) is -0.0312. The summed E-state index contributed by atoms with van der Waals surface area (Å²) in [4.78, 5) is 4.24. The van der Waals surface area contributed by atoms with Crippen LogP contribution < -0.4 is 10.0 Å². The average molecular weight is 294 g/mol. The molecular weight excluding hydrogens is 276 g/mol. The Kier molecular flexibility index (Phi) is 4.60. The van der Waals surface area contributed by atoms with Crippen molar-refractivity contribution in [2.45, 2.75) is 0 Å². The molecule has 0 unspecified atom stereocenters. The van der Waals surface area contributed by atoms with Crippen molar-refractivity contribution in [2.24, 2.45) is 5.14 Å². The molecule has 1 heterocycles. The fourth-order valence-electron chi connectivity index (χ4n) is 2.31. The smallest absolute Gasteiger partial charge is 0.210 e. The van der Waals surface area contributed by atoms with Gasteiger partial charge in [0.25, 0.3) is 0 Å². The van der Waals surface area contributed by atoms with Crippen LogP contribution in [0.25, 0.3) is 0 Å². The molecule has 0 aromatic heterocycles. The Hall–Kier alpha value is -1.62. The van der Waals surface area contributed by atoms with Crippen molar-refractivity contribution in [3.05, 3.63) is 29.8 Å². The Balaban J connectivity index is 1.93. The van der Waals surface area contributed by atoms with E-state index in [1.54, 1.807) is 0 Å². The van der Waals surface area contributed by atoms with Crippen molar-refractivity contribution in [3.63, 3.8) is 0 Å². The number of hydrogen-bond acceptors (Lipinski definition) is 5. The second-order valence-corrected chi connectivity index (χ2v) is 6.56. The van der Waals surface area contributed by atoms with Crippen molar-refractivity contribution in [3.8, 4) is 6.07 Å². The molecule has 0 amide bonds. The molecule has 0 saturated carbocycles. The Morgan fingerprint density at radius 2 is 1.85 bits per heavy atom. The number of primary sulfonamides is 1. The van der Waals surface area contributed by atoms with Crippen molar-refractivity contribution in [1.82, 2.24) is 4.90 Å². The maximum atomic E-state index is 10.9. The van der Waals surface area contributed by atoms with Gasteiger partial charge in [-0.05, 0) is 12.1 Å². The van der Waals surface area contributed by atoms with E-state index in [0.717, 1.165) is 31.9 Å². The Bertz CT molecular complexity index is 601. The number of sulfonamides is 1. The van der Waals surface area contributed by atoms with Crippen LogP contribution in [0.1, 0.15) is 5.56 Å². The van der Waals surface area contributed by atoms with Gasteiger partial charge in [0.15, 0.2) is 0 Å². The molecule has 2 rings (SSSR count). The number of piperazine rings is 1. The van der Waals surface area contributed by atoms with Crippen LogP contribution in [0.3, 0.4) is 0 Å². The molecule has 0 bridgehead atoms. The summed E-state index contributed by atoms with van der Waals surface area (Å²) in [5.41, 5.74) is 1.62. The number of rotatable bonds is 4. The third-order valence-electron chi connectivity index (χ3n) is 3.43. The van der Waals surface area contributed by atoms with Gasteiger partial charge >= 0.3 is 0 Å². The first kappa shape index (κ1) is 14.8. The van der Waals surface area contributed by atoms with Crippen LogP contribution in [0, 0.1) is 11.3 Å². The molecule has 1 aromatic carbocycles. The molecule has 0 spiro atoms. The standard InChI is InChI=1S/C13H18N4O2S/c14-11-12-3-1-2-4-13(12)17-7-5-16(6-8-17)9-10-20(15,18)19/h1-4H,5-10H2,(H2,15,18,19). The Morgan fingerprint density at radius 3 is 2.45 bits per heavy atom. The minimum absolute atomic E-state index is 0.0121. The summed E-state index contributed by atoms with van der Waals surface area (Å²) >= 11 is 0. The first-order valence-corrected chi connectivity index (χ1v) is 8.18. The van der Waals surface area contributed by atoms with Gasteiger partial charge in [-0.2, -0.15) is 5.26 Å². The van der Waals surface area contributed by atoms with Gasteiger partial charge in [-0.25, -0.2) is 13.6 Å². The molecule has 20 heavy (non-hydrogen) atoms. The van der Waals surface area contributed by atoms with Crippen LogP contribution >= 0.6 is 0 Å². The van der Waals surface area contributed by atoms with E-state index >= 15 is 0 Å². The number of nitriles is 1. The summed E-state index contributed by atoms with van der Waals surface area (Å²) in [6.07, 6.45) is 0. The minimum Gasteiger partial charge on any atom is -0.368 e. The Labute approximate surface area is 119 Å². The summed E-state index contributed by atoms with van der Waals surface area (Å²) in [5, 5.41) is 14.1. The molecule has 6 nitrogen and oxygen atoms in total. The molecule has 1 aromatic rings. The lowest BCUT2D eigenvalue weighted by atomic mass is 10.1. The zero-order valence-electron chi connectivity index (χ0n) is 11.2. The summed E-state index contributed by atoms with van der Waals surface area (Å²) in [6.45, 7) is 3.57.